The molecule has 3 aromatic heterocycles. The van der Waals surface area contributed by atoms with Crippen molar-refractivity contribution in [2.24, 2.45) is 0 Å². The predicted molar refractivity (Wildman–Crippen MR) is 516 cm³/mol. The fourth-order valence-corrected chi connectivity index (χ4v) is 21.2. The standard InChI is InChI=1S/C56H35NS.C32H21Br.C25H16S.CH4/c1-3-14-37(15-4-1)54-45-20-7-8-21-46(45)55(38-16-5-2-6-17-38)50-34-39(28-32-47(50)54)36-26-30-41(31-27-36)57-51-24-11-9-18-43(51)49-35-40(29-33-52(49)57)42-22-13-23-48-44-19-10-12-25-53(44)58-56(42)48;33-26-18-15-22(16-19-26)25-17-20-29-30(21-25)32(24-11-5-2-6-12-24)28-14-8-7-13-27(28)31(29)23-9-3-1-4-10-23;1-2-7-19-16(6-1)14-17-12-13-18(15-23(17)19)20-9-5-10-22-21-8-3-4-11-24(21)26-25(20)22;/h1-35H;1-21H;1-13,15H,14H2;1H4. The Morgan fingerprint density at radius 2 is 0.542 bits per heavy atom. The zero-order valence-corrected chi connectivity index (χ0v) is 67.0. The molecule has 0 spiro atoms. The highest BCUT2D eigenvalue weighted by molar-refractivity contribution is 9.10. The monoisotopic (exact) mass is 1600 g/mol. The van der Waals surface area contributed by atoms with Gasteiger partial charge in [-0.25, -0.2) is 0 Å². The van der Waals surface area contributed by atoms with Crippen LogP contribution in [0.25, 0.3) is 211 Å². The van der Waals surface area contributed by atoms with Gasteiger partial charge in [-0.15, -0.1) is 22.7 Å². The average molecular weight is 1600 g/mol. The van der Waals surface area contributed by atoms with Gasteiger partial charge in [0, 0.05) is 61.3 Å². The Labute approximate surface area is 702 Å². The summed E-state index contributed by atoms with van der Waals surface area (Å²) in [6.07, 6.45) is 1.05. The molecule has 556 valence electrons. The van der Waals surface area contributed by atoms with Gasteiger partial charge in [-0.3, -0.25) is 0 Å². The molecule has 0 saturated carbocycles. The van der Waals surface area contributed by atoms with Crippen molar-refractivity contribution in [2.45, 2.75) is 13.8 Å². The van der Waals surface area contributed by atoms with E-state index in [1.807, 2.05) is 22.7 Å². The molecule has 0 atom stereocenters. The van der Waals surface area contributed by atoms with Gasteiger partial charge >= 0.3 is 0 Å². The highest BCUT2D eigenvalue weighted by Crippen LogP contribution is 2.50. The highest BCUT2D eigenvalue weighted by atomic mass is 79.9. The van der Waals surface area contributed by atoms with Crippen LogP contribution in [0, 0.1) is 0 Å². The Morgan fingerprint density at radius 1 is 0.203 bits per heavy atom. The van der Waals surface area contributed by atoms with Crippen LogP contribution in [0.3, 0.4) is 0 Å². The first kappa shape index (κ1) is 71.9. The lowest BCUT2D eigenvalue weighted by molar-refractivity contribution is 1.18. The first-order valence-electron chi connectivity index (χ1n) is 40.1. The molecule has 0 fully saturated rings. The summed E-state index contributed by atoms with van der Waals surface area (Å²) in [5.74, 6) is 0. The Morgan fingerprint density at radius 3 is 1.04 bits per heavy atom. The molecule has 0 amide bonds. The zero-order valence-electron chi connectivity index (χ0n) is 63.8. The summed E-state index contributed by atoms with van der Waals surface area (Å²) >= 11 is 7.35. The molecule has 1 aliphatic carbocycles. The molecule has 0 unspecified atom stereocenters. The van der Waals surface area contributed by atoms with E-state index >= 15 is 0 Å². The van der Waals surface area contributed by atoms with Gasteiger partial charge in [0.25, 0.3) is 0 Å². The van der Waals surface area contributed by atoms with Crippen molar-refractivity contribution in [2.75, 3.05) is 0 Å². The number of rotatable bonds is 9. The summed E-state index contributed by atoms with van der Waals surface area (Å²) in [6.45, 7) is 0. The minimum absolute atomic E-state index is 0. The summed E-state index contributed by atoms with van der Waals surface area (Å²) in [7, 11) is 0. The zero-order chi connectivity index (χ0) is 77.4. The summed E-state index contributed by atoms with van der Waals surface area (Å²) in [6, 6.07) is 155. The Kier molecular flexibility index (Phi) is 18.5. The molecule has 4 heteroatoms. The third-order valence-electron chi connectivity index (χ3n) is 23.8. The average Bonchev–Trinajstić information content (AvgIpc) is 1.41. The molecule has 0 saturated heterocycles. The maximum atomic E-state index is 3.56. The number of nitrogens with zero attached hydrogens (tertiary/aromatic N) is 1. The molecule has 3 heterocycles. The summed E-state index contributed by atoms with van der Waals surface area (Å²) in [5.41, 5.74) is 29.4. The molecular formula is C114H76BrNS2. The number of halogens is 1. The lowest BCUT2D eigenvalue weighted by Crippen LogP contribution is -1.94. The quantitative estimate of drug-likeness (QED) is 0.127. The van der Waals surface area contributed by atoms with E-state index in [0.717, 1.165) is 16.6 Å². The van der Waals surface area contributed by atoms with Gasteiger partial charge in [0.15, 0.2) is 0 Å². The number of fused-ring (bicyclic) bond motifs is 16. The maximum absolute atomic E-state index is 3.56. The highest BCUT2D eigenvalue weighted by Gasteiger charge is 2.24. The summed E-state index contributed by atoms with van der Waals surface area (Å²) in [4.78, 5) is 0. The smallest absolute Gasteiger partial charge is 0.0541 e. The Balaban J connectivity index is 0.000000121. The van der Waals surface area contributed by atoms with Crippen LogP contribution in [-0.2, 0) is 6.42 Å². The third kappa shape index (κ3) is 12.6. The van der Waals surface area contributed by atoms with Crippen molar-refractivity contribution in [1.29, 1.82) is 0 Å². The van der Waals surface area contributed by atoms with Crippen molar-refractivity contribution in [3.8, 4) is 106 Å². The maximum Gasteiger partial charge on any atom is 0.0541 e. The van der Waals surface area contributed by atoms with Gasteiger partial charge in [-0.05, 0) is 234 Å². The predicted octanol–water partition coefficient (Wildman–Crippen LogP) is 33.8. The molecule has 24 rings (SSSR count). The molecule has 23 aromatic rings. The fraction of sp³-hybridized carbons (Fsp3) is 0.0175. The van der Waals surface area contributed by atoms with Crippen LogP contribution >= 0.6 is 38.6 Å². The number of hydrogen-bond donors (Lipinski definition) is 0. The normalized spacial score (nSPS) is 11.7. The van der Waals surface area contributed by atoms with E-state index in [-0.39, 0.29) is 7.43 Å². The van der Waals surface area contributed by atoms with Crippen molar-refractivity contribution < 1.29 is 0 Å². The van der Waals surface area contributed by atoms with Gasteiger partial charge in [0.05, 0.1) is 11.0 Å². The van der Waals surface area contributed by atoms with E-state index in [0.29, 0.717) is 0 Å². The van der Waals surface area contributed by atoms with Crippen LogP contribution < -0.4 is 0 Å². The lowest BCUT2D eigenvalue weighted by Gasteiger charge is -2.19. The van der Waals surface area contributed by atoms with Crippen LogP contribution in [0.1, 0.15) is 18.6 Å². The van der Waals surface area contributed by atoms with Crippen LogP contribution in [0.4, 0.5) is 0 Å². The van der Waals surface area contributed by atoms with Crippen LogP contribution in [0.5, 0.6) is 0 Å². The molecule has 1 aliphatic rings. The number of hydrogen-bond acceptors (Lipinski definition) is 2. The molecule has 118 heavy (non-hydrogen) atoms. The summed E-state index contributed by atoms with van der Waals surface area (Å²) < 4.78 is 8.94. The number of benzene rings is 20. The fourth-order valence-electron chi connectivity index (χ4n) is 18.5. The second kappa shape index (κ2) is 30.4. The molecule has 0 aliphatic heterocycles. The molecule has 1 nitrogen and oxygen atoms in total. The largest absolute Gasteiger partial charge is 0.309 e. The van der Waals surface area contributed by atoms with E-state index in [1.54, 1.807) is 0 Å². The number of para-hydroxylation sites is 1. The Hall–Kier alpha value is -13.8. The van der Waals surface area contributed by atoms with Gasteiger partial charge in [0.1, 0.15) is 0 Å². The van der Waals surface area contributed by atoms with E-state index in [4.69, 9.17) is 0 Å². The van der Waals surface area contributed by atoms with Crippen molar-refractivity contribution in [3.05, 3.63) is 440 Å². The van der Waals surface area contributed by atoms with Gasteiger partial charge in [0.2, 0.25) is 0 Å². The van der Waals surface area contributed by atoms with Crippen molar-refractivity contribution in [3.63, 3.8) is 0 Å². The van der Waals surface area contributed by atoms with Crippen LogP contribution in [0.2, 0.25) is 0 Å². The summed E-state index contributed by atoms with van der Waals surface area (Å²) in [5, 5.41) is 18.1. The SMILES string of the molecule is Brc1ccc(-c2ccc3c(-c4ccccc4)c4ccccc4c(-c4ccccc4)c3c2)cc1.C.c1ccc(-c2c3ccccc3c(-c3ccccc3)c3cc(-c4ccc(-n5c6ccccc6c6cc(-c7cccc8c7sc7ccccc78)ccc65)cc4)ccc23)cc1.c1ccc2c(c1)Cc1ccc(-c3cccc4c3sc3ccccc34)cc1-2. The van der Waals surface area contributed by atoms with E-state index in [1.165, 1.54) is 217 Å². The second-order valence-corrected chi connectivity index (χ2v) is 33.5. The first-order valence-corrected chi connectivity index (χ1v) is 42.5. The topological polar surface area (TPSA) is 4.93 Å². The van der Waals surface area contributed by atoms with Crippen molar-refractivity contribution >= 4 is 144 Å². The lowest BCUT2D eigenvalue weighted by atomic mass is 9.85. The van der Waals surface area contributed by atoms with Crippen LogP contribution in [-0.4, -0.2) is 4.57 Å². The van der Waals surface area contributed by atoms with E-state index < -0.39 is 0 Å². The number of thiophene rings is 2. The van der Waals surface area contributed by atoms with Gasteiger partial charge in [-0.2, -0.15) is 0 Å². The van der Waals surface area contributed by atoms with Crippen LogP contribution in [0.15, 0.2) is 429 Å². The molecule has 20 aromatic carbocycles. The number of aromatic nitrogens is 1. The minimum atomic E-state index is 0. The second-order valence-electron chi connectivity index (χ2n) is 30.5. The van der Waals surface area contributed by atoms with Crippen molar-refractivity contribution in [1.82, 2.24) is 4.57 Å². The molecule has 0 bridgehead atoms. The Bertz CT molecular complexity index is 7810. The minimum Gasteiger partial charge on any atom is -0.309 e. The van der Waals surface area contributed by atoms with E-state index in [2.05, 4.69) is 445 Å². The molecular weight excluding hydrogens is 1530 g/mol. The third-order valence-corrected chi connectivity index (χ3v) is 26.8. The first-order chi connectivity index (χ1) is 58.0. The van der Waals surface area contributed by atoms with Gasteiger partial charge < -0.3 is 4.57 Å². The van der Waals surface area contributed by atoms with E-state index in [9.17, 15) is 0 Å². The van der Waals surface area contributed by atoms with Gasteiger partial charge in [-0.1, -0.05) is 375 Å². The molecule has 0 N–H and O–H groups in total. The molecule has 0 radical (unpaired) electrons.